The first-order valence-corrected chi connectivity index (χ1v) is 5.29. The number of aliphatic carboxylic acids is 1. The highest BCUT2D eigenvalue weighted by molar-refractivity contribution is 9.10. The van der Waals surface area contributed by atoms with Crippen LogP contribution in [0.5, 0.6) is 0 Å². The van der Waals surface area contributed by atoms with Gasteiger partial charge in [0.15, 0.2) is 4.67 Å². The van der Waals surface area contributed by atoms with Gasteiger partial charge in [-0.15, -0.1) is 0 Å². The van der Waals surface area contributed by atoms with Crippen LogP contribution < -0.4 is 0 Å². The minimum absolute atomic E-state index is 0.497. The molecule has 2 aromatic rings. The number of fused-ring (bicyclic) bond motifs is 1. The predicted octanol–water partition coefficient (Wildman–Crippen LogP) is 3.38. The molecule has 0 bridgehead atoms. The molecular weight excluding hydrogens is 260 g/mol. The van der Waals surface area contributed by atoms with E-state index in [2.05, 4.69) is 15.9 Å². The summed E-state index contributed by atoms with van der Waals surface area (Å²) in [5.41, 5.74) is 1.53. The van der Waals surface area contributed by atoms with Gasteiger partial charge >= 0.3 is 5.97 Å². The van der Waals surface area contributed by atoms with Gasteiger partial charge in [-0.05, 0) is 46.6 Å². The molecule has 0 spiro atoms. The molecule has 4 heteroatoms. The molecule has 1 atom stereocenters. The van der Waals surface area contributed by atoms with Crippen molar-refractivity contribution >= 4 is 32.9 Å². The quantitative estimate of drug-likeness (QED) is 0.909. The number of carboxylic acid groups (broad SMARTS) is 1. The molecule has 78 valence electrons. The van der Waals surface area contributed by atoms with Crippen molar-refractivity contribution in [1.82, 2.24) is 0 Å². The Morgan fingerprint density at radius 2 is 2.20 bits per heavy atom. The van der Waals surface area contributed by atoms with E-state index in [1.54, 1.807) is 19.1 Å². The van der Waals surface area contributed by atoms with Gasteiger partial charge < -0.3 is 9.52 Å². The second-order valence-corrected chi connectivity index (χ2v) is 4.19. The Hall–Kier alpha value is -1.29. The highest BCUT2D eigenvalue weighted by Gasteiger charge is 2.14. The third kappa shape index (κ3) is 1.90. The Balaban J connectivity index is 2.50. The monoisotopic (exact) mass is 268 g/mol. The second kappa shape index (κ2) is 3.70. The molecule has 15 heavy (non-hydrogen) atoms. The number of hydrogen-bond donors (Lipinski definition) is 1. The maximum absolute atomic E-state index is 10.8. The smallest absolute Gasteiger partial charge is 0.310 e. The fourth-order valence-electron chi connectivity index (χ4n) is 1.44. The molecular formula is C11H9BrO3. The SMILES string of the molecule is CC(C(=O)O)c1ccc2oc(Br)cc2c1. The molecule has 2 rings (SSSR count). The summed E-state index contributed by atoms with van der Waals surface area (Å²) in [7, 11) is 0. The molecule has 1 unspecified atom stereocenters. The number of carboxylic acids is 1. The zero-order chi connectivity index (χ0) is 11.0. The third-order valence-corrected chi connectivity index (χ3v) is 2.77. The summed E-state index contributed by atoms with van der Waals surface area (Å²) in [6.07, 6.45) is 0. The Bertz CT molecular complexity index is 516. The maximum atomic E-state index is 10.8. The van der Waals surface area contributed by atoms with Crippen LogP contribution in [0, 0.1) is 0 Å². The lowest BCUT2D eigenvalue weighted by Crippen LogP contribution is -2.06. The molecule has 0 saturated heterocycles. The largest absolute Gasteiger partial charge is 0.481 e. The minimum Gasteiger partial charge on any atom is -0.481 e. The van der Waals surface area contributed by atoms with Gasteiger partial charge in [0.2, 0.25) is 0 Å². The third-order valence-electron chi connectivity index (χ3n) is 2.38. The van der Waals surface area contributed by atoms with Gasteiger partial charge in [0, 0.05) is 5.39 Å². The summed E-state index contributed by atoms with van der Waals surface area (Å²) in [4.78, 5) is 10.8. The molecule has 1 aromatic carbocycles. The Kier molecular flexibility index (Phi) is 2.52. The van der Waals surface area contributed by atoms with Crippen molar-refractivity contribution in [2.75, 3.05) is 0 Å². The summed E-state index contributed by atoms with van der Waals surface area (Å²) < 4.78 is 5.98. The molecule has 0 aliphatic rings. The number of furan rings is 1. The van der Waals surface area contributed by atoms with Crippen molar-refractivity contribution in [3.63, 3.8) is 0 Å². The van der Waals surface area contributed by atoms with Crippen LogP contribution in [0.15, 0.2) is 33.4 Å². The van der Waals surface area contributed by atoms with Crippen molar-refractivity contribution in [3.05, 3.63) is 34.5 Å². The average molecular weight is 269 g/mol. The molecule has 3 nitrogen and oxygen atoms in total. The van der Waals surface area contributed by atoms with Crippen LogP contribution in [0.2, 0.25) is 0 Å². The Morgan fingerprint density at radius 3 is 2.87 bits per heavy atom. The van der Waals surface area contributed by atoms with Crippen LogP contribution in [0.25, 0.3) is 11.0 Å². The number of rotatable bonds is 2. The van der Waals surface area contributed by atoms with Crippen LogP contribution in [0.3, 0.4) is 0 Å². The summed E-state index contributed by atoms with van der Waals surface area (Å²) in [5.74, 6) is -1.32. The van der Waals surface area contributed by atoms with Crippen molar-refractivity contribution in [1.29, 1.82) is 0 Å². The van der Waals surface area contributed by atoms with Crippen molar-refractivity contribution in [2.45, 2.75) is 12.8 Å². The normalized spacial score (nSPS) is 12.9. The number of hydrogen-bond acceptors (Lipinski definition) is 2. The molecule has 0 aliphatic heterocycles. The van der Waals surface area contributed by atoms with Gasteiger partial charge in [0.1, 0.15) is 5.58 Å². The minimum atomic E-state index is -0.822. The number of halogens is 1. The van der Waals surface area contributed by atoms with E-state index in [4.69, 9.17) is 9.52 Å². The predicted molar refractivity (Wildman–Crippen MR) is 60.0 cm³/mol. The first-order chi connectivity index (χ1) is 7.08. The first-order valence-electron chi connectivity index (χ1n) is 4.50. The summed E-state index contributed by atoms with van der Waals surface area (Å²) in [6.45, 7) is 1.67. The molecule has 0 radical (unpaired) electrons. The van der Waals surface area contributed by atoms with Gasteiger partial charge in [0.05, 0.1) is 5.92 Å². The Labute approximate surface area is 94.8 Å². The standard InChI is InChI=1S/C11H9BrO3/c1-6(11(13)14)7-2-3-9-8(4-7)5-10(12)15-9/h2-6H,1H3,(H,13,14). The van der Waals surface area contributed by atoms with E-state index in [-0.39, 0.29) is 0 Å². The van der Waals surface area contributed by atoms with Gasteiger partial charge in [-0.2, -0.15) is 0 Å². The summed E-state index contributed by atoms with van der Waals surface area (Å²) >= 11 is 3.23. The average Bonchev–Trinajstić information content (AvgIpc) is 2.55. The lowest BCUT2D eigenvalue weighted by atomic mass is 10.0. The van der Waals surface area contributed by atoms with Crippen LogP contribution in [0.1, 0.15) is 18.4 Å². The maximum Gasteiger partial charge on any atom is 0.310 e. The van der Waals surface area contributed by atoms with Crippen LogP contribution in [-0.4, -0.2) is 11.1 Å². The summed E-state index contributed by atoms with van der Waals surface area (Å²) in [5, 5.41) is 9.79. The van der Waals surface area contributed by atoms with E-state index in [0.717, 1.165) is 16.5 Å². The van der Waals surface area contributed by atoms with E-state index < -0.39 is 11.9 Å². The molecule has 1 N–H and O–H groups in total. The molecule has 0 amide bonds. The van der Waals surface area contributed by atoms with E-state index in [1.165, 1.54) is 0 Å². The van der Waals surface area contributed by atoms with Crippen LogP contribution in [0.4, 0.5) is 0 Å². The molecule has 0 saturated carbocycles. The highest BCUT2D eigenvalue weighted by Crippen LogP contribution is 2.26. The van der Waals surface area contributed by atoms with E-state index in [9.17, 15) is 4.79 Å². The second-order valence-electron chi connectivity index (χ2n) is 3.41. The lowest BCUT2D eigenvalue weighted by molar-refractivity contribution is -0.138. The fourth-order valence-corrected chi connectivity index (χ4v) is 1.86. The van der Waals surface area contributed by atoms with Gasteiger partial charge in [0.25, 0.3) is 0 Å². The first kappa shape index (κ1) is 10.2. The zero-order valence-electron chi connectivity index (χ0n) is 8.03. The number of carbonyl (C=O) groups is 1. The molecule has 1 aromatic heterocycles. The molecule has 1 heterocycles. The molecule has 0 aliphatic carbocycles. The van der Waals surface area contributed by atoms with Gasteiger partial charge in [-0.3, -0.25) is 4.79 Å². The van der Waals surface area contributed by atoms with Crippen molar-refractivity contribution in [3.8, 4) is 0 Å². The van der Waals surface area contributed by atoms with Gasteiger partial charge in [-0.1, -0.05) is 6.07 Å². The summed E-state index contributed by atoms with van der Waals surface area (Å²) in [6, 6.07) is 7.22. The molecule has 0 fully saturated rings. The fraction of sp³-hybridized carbons (Fsp3) is 0.182. The van der Waals surface area contributed by atoms with Gasteiger partial charge in [-0.25, -0.2) is 0 Å². The van der Waals surface area contributed by atoms with E-state index in [0.29, 0.717) is 4.67 Å². The highest BCUT2D eigenvalue weighted by atomic mass is 79.9. The van der Waals surface area contributed by atoms with Crippen LogP contribution >= 0.6 is 15.9 Å². The lowest BCUT2D eigenvalue weighted by Gasteiger charge is -2.05. The van der Waals surface area contributed by atoms with Crippen molar-refractivity contribution in [2.24, 2.45) is 0 Å². The van der Waals surface area contributed by atoms with E-state index in [1.807, 2.05) is 12.1 Å². The van der Waals surface area contributed by atoms with E-state index >= 15 is 0 Å². The Morgan fingerprint density at radius 1 is 1.47 bits per heavy atom. The van der Waals surface area contributed by atoms with Crippen LogP contribution in [-0.2, 0) is 4.79 Å². The topological polar surface area (TPSA) is 50.4 Å². The van der Waals surface area contributed by atoms with Crippen molar-refractivity contribution < 1.29 is 14.3 Å². The number of benzene rings is 1. The zero-order valence-corrected chi connectivity index (χ0v) is 9.61.